The predicted molar refractivity (Wildman–Crippen MR) is 97.5 cm³/mol. The molecule has 0 bridgehead atoms. The van der Waals surface area contributed by atoms with Crippen LogP contribution in [0.4, 0.5) is 5.69 Å². The lowest BCUT2D eigenvalue weighted by atomic mass is 9.75. The SMILES string of the molecule is COc1ccc(C)c2c1N[C@H](c1ccc(C(=O)O)cc1)[C@H]1CC=C[C@H]21. The number of methoxy groups -OCH3 is 1. The van der Waals surface area contributed by atoms with Gasteiger partial charge in [0.15, 0.2) is 0 Å². The van der Waals surface area contributed by atoms with Crippen LogP contribution in [0.2, 0.25) is 0 Å². The molecule has 0 aromatic heterocycles. The number of hydrogen-bond donors (Lipinski definition) is 2. The molecule has 2 aromatic rings. The van der Waals surface area contributed by atoms with Crippen LogP contribution >= 0.6 is 0 Å². The van der Waals surface area contributed by atoms with Gasteiger partial charge in [-0.25, -0.2) is 4.79 Å². The van der Waals surface area contributed by atoms with Crippen LogP contribution in [-0.2, 0) is 0 Å². The second kappa shape index (κ2) is 5.96. The molecule has 128 valence electrons. The number of ether oxygens (including phenoxy) is 1. The van der Waals surface area contributed by atoms with Gasteiger partial charge in [-0.15, -0.1) is 0 Å². The maximum absolute atomic E-state index is 11.1. The van der Waals surface area contributed by atoms with Crippen LogP contribution in [0.1, 0.15) is 45.4 Å². The third-order valence-corrected chi connectivity index (χ3v) is 5.44. The summed E-state index contributed by atoms with van der Waals surface area (Å²) in [6, 6.07) is 11.5. The number of rotatable bonds is 3. The van der Waals surface area contributed by atoms with Crippen LogP contribution in [0, 0.1) is 12.8 Å². The zero-order valence-electron chi connectivity index (χ0n) is 14.3. The van der Waals surface area contributed by atoms with Gasteiger partial charge in [-0.3, -0.25) is 0 Å². The molecule has 0 saturated carbocycles. The number of allylic oxidation sites excluding steroid dienone is 2. The fourth-order valence-electron chi connectivity index (χ4n) is 4.20. The van der Waals surface area contributed by atoms with Gasteiger partial charge in [0.25, 0.3) is 0 Å². The number of aromatic carboxylic acids is 1. The molecule has 25 heavy (non-hydrogen) atoms. The summed E-state index contributed by atoms with van der Waals surface area (Å²) in [4.78, 5) is 11.1. The van der Waals surface area contributed by atoms with Crippen LogP contribution in [0.5, 0.6) is 5.75 Å². The zero-order valence-corrected chi connectivity index (χ0v) is 14.3. The Hall–Kier alpha value is -2.75. The van der Waals surface area contributed by atoms with Crippen molar-refractivity contribution >= 4 is 11.7 Å². The minimum atomic E-state index is -0.897. The van der Waals surface area contributed by atoms with Gasteiger partial charge in [-0.1, -0.05) is 30.4 Å². The highest BCUT2D eigenvalue weighted by Gasteiger charge is 2.39. The molecule has 0 fully saturated rings. The topological polar surface area (TPSA) is 58.6 Å². The first-order chi connectivity index (χ1) is 12.1. The quantitative estimate of drug-likeness (QED) is 0.809. The molecule has 1 aliphatic heterocycles. The molecule has 2 aromatic carbocycles. The molecule has 0 saturated heterocycles. The summed E-state index contributed by atoms with van der Waals surface area (Å²) in [7, 11) is 1.69. The first kappa shape index (κ1) is 15.8. The first-order valence-electron chi connectivity index (χ1n) is 8.54. The molecular formula is C21H21NO3. The lowest BCUT2D eigenvalue weighted by molar-refractivity contribution is 0.0697. The molecule has 1 heterocycles. The van der Waals surface area contributed by atoms with E-state index in [9.17, 15) is 4.79 Å². The van der Waals surface area contributed by atoms with E-state index in [1.807, 2.05) is 18.2 Å². The average Bonchev–Trinajstić information content (AvgIpc) is 3.11. The summed E-state index contributed by atoms with van der Waals surface area (Å²) in [5.74, 6) is 0.738. The van der Waals surface area contributed by atoms with Gasteiger partial charge in [0.05, 0.1) is 24.4 Å². The first-order valence-corrected chi connectivity index (χ1v) is 8.54. The fraction of sp³-hybridized carbons (Fsp3) is 0.286. The van der Waals surface area contributed by atoms with E-state index in [-0.39, 0.29) is 6.04 Å². The van der Waals surface area contributed by atoms with Crippen molar-refractivity contribution in [1.82, 2.24) is 0 Å². The van der Waals surface area contributed by atoms with E-state index in [1.54, 1.807) is 19.2 Å². The number of carboxylic acids is 1. The zero-order chi connectivity index (χ0) is 17.6. The monoisotopic (exact) mass is 335 g/mol. The number of carboxylic acid groups (broad SMARTS) is 1. The largest absolute Gasteiger partial charge is 0.495 e. The highest BCUT2D eigenvalue weighted by molar-refractivity contribution is 5.87. The van der Waals surface area contributed by atoms with Gasteiger partial charge in [0.2, 0.25) is 0 Å². The van der Waals surface area contributed by atoms with Crippen molar-refractivity contribution in [2.24, 2.45) is 5.92 Å². The highest BCUT2D eigenvalue weighted by Crippen LogP contribution is 2.53. The van der Waals surface area contributed by atoms with Gasteiger partial charge < -0.3 is 15.2 Å². The summed E-state index contributed by atoms with van der Waals surface area (Å²) in [6.07, 6.45) is 5.57. The minimum absolute atomic E-state index is 0.131. The van der Waals surface area contributed by atoms with E-state index in [4.69, 9.17) is 9.84 Å². The van der Waals surface area contributed by atoms with Crippen LogP contribution in [0.15, 0.2) is 48.6 Å². The van der Waals surface area contributed by atoms with Gasteiger partial charge in [0.1, 0.15) is 5.75 Å². The van der Waals surface area contributed by atoms with E-state index in [0.717, 1.165) is 23.4 Å². The van der Waals surface area contributed by atoms with Gasteiger partial charge in [0, 0.05) is 5.92 Å². The molecule has 4 nitrogen and oxygen atoms in total. The summed E-state index contributed by atoms with van der Waals surface area (Å²) in [6.45, 7) is 2.14. The standard InChI is InChI=1S/C21H21NO3/c1-12-6-11-17(25-2)20-18(12)15-4-3-5-16(15)19(22-20)13-7-9-14(10-8-13)21(23)24/h3-4,6-11,15-16,19,22H,5H2,1-2H3,(H,23,24)/t15-,16-,19+/m0/s1. The molecule has 4 rings (SSSR count). The Morgan fingerprint density at radius 3 is 2.64 bits per heavy atom. The number of hydrogen-bond acceptors (Lipinski definition) is 3. The average molecular weight is 335 g/mol. The summed E-state index contributed by atoms with van der Waals surface area (Å²) < 4.78 is 5.59. The summed E-state index contributed by atoms with van der Waals surface area (Å²) in [5, 5.41) is 12.8. The summed E-state index contributed by atoms with van der Waals surface area (Å²) in [5.41, 5.74) is 5.07. The predicted octanol–water partition coefficient (Wildman–Crippen LogP) is 4.53. The Kier molecular flexibility index (Phi) is 3.75. The number of aryl methyl sites for hydroxylation is 1. The van der Waals surface area contributed by atoms with Crippen molar-refractivity contribution in [2.75, 3.05) is 12.4 Å². The second-order valence-electron chi connectivity index (χ2n) is 6.78. The molecule has 4 heteroatoms. The Labute approximate surface area is 147 Å². The molecule has 2 aliphatic rings. The Balaban J connectivity index is 1.79. The number of nitrogens with one attached hydrogen (secondary N) is 1. The maximum Gasteiger partial charge on any atom is 0.335 e. The van der Waals surface area contributed by atoms with Gasteiger partial charge in [-0.2, -0.15) is 0 Å². The van der Waals surface area contributed by atoms with E-state index < -0.39 is 5.97 Å². The third kappa shape index (κ3) is 2.49. The Morgan fingerprint density at radius 1 is 1.20 bits per heavy atom. The molecule has 3 atom stereocenters. The molecule has 0 radical (unpaired) electrons. The van der Waals surface area contributed by atoms with Gasteiger partial charge in [-0.05, 0) is 54.2 Å². The number of fused-ring (bicyclic) bond motifs is 3. The van der Waals surface area contributed by atoms with Crippen molar-refractivity contribution in [2.45, 2.75) is 25.3 Å². The lowest BCUT2D eigenvalue weighted by Crippen LogP contribution is -2.30. The van der Waals surface area contributed by atoms with Crippen LogP contribution in [-0.4, -0.2) is 18.2 Å². The van der Waals surface area contributed by atoms with Crippen molar-refractivity contribution in [3.05, 3.63) is 70.8 Å². The summed E-state index contributed by atoms with van der Waals surface area (Å²) >= 11 is 0. The number of benzene rings is 2. The third-order valence-electron chi connectivity index (χ3n) is 5.44. The molecule has 1 aliphatic carbocycles. The molecule has 0 spiro atoms. The fourth-order valence-corrected chi connectivity index (χ4v) is 4.20. The number of anilines is 1. The van der Waals surface area contributed by atoms with Crippen LogP contribution in [0.25, 0.3) is 0 Å². The Bertz CT molecular complexity index is 854. The smallest absolute Gasteiger partial charge is 0.335 e. The van der Waals surface area contributed by atoms with Crippen molar-refractivity contribution < 1.29 is 14.6 Å². The van der Waals surface area contributed by atoms with Crippen molar-refractivity contribution in [3.8, 4) is 5.75 Å². The molecule has 2 N–H and O–H groups in total. The van der Waals surface area contributed by atoms with E-state index in [1.165, 1.54) is 11.1 Å². The van der Waals surface area contributed by atoms with E-state index >= 15 is 0 Å². The molecule has 0 unspecified atom stereocenters. The van der Waals surface area contributed by atoms with Gasteiger partial charge >= 0.3 is 5.97 Å². The van der Waals surface area contributed by atoms with Crippen molar-refractivity contribution in [1.29, 1.82) is 0 Å². The molecular weight excluding hydrogens is 314 g/mol. The Morgan fingerprint density at radius 2 is 1.96 bits per heavy atom. The van der Waals surface area contributed by atoms with Crippen molar-refractivity contribution in [3.63, 3.8) is 0 Å². The minimum Gasteiger partial charge on any atom is -0.495 e. The lowest BCUT2D eigenvalue weighted by Gasteiger charge is -2.39. The van der Waals surface area contributed by atoms with Crippen LogP contribution < -0.4 is 10.1 Å². The highest BCUT2D eigenvalue weighted by atomic mass is 16.5. The maximum atomic E-state index is 11.1. The normalized spacial score (nSPS) is 23.5. The second-order valence-corrected chi connectivity index (χ2v) is 6.78. The van der Waals surface area contributed by atoms with E-state index in [0.29, 0.717) is 17.4 Å². The number of carbonyl (C=O) groups is 1. The van der Waals surface area contributed by atoms with E-state index in [2.05, 4.69) is 30.5 Å². The molecule has 0 amide bonds. The van der Waals surface area contributed by atoms with Crippen LogP contribution in [0.3, 0.4) is 0 Å².